The van der Waals surface area contributed by atoms with Crippen LogP contribution in [0.1, 0.15) is 44.9 Å². The third-order valence-corrected chi connectivity index (χ3v) is 4.06. The minimum absolute atomic E-state index is 0.0758. The fourth-order valence-electron chi connectivity index (χ4n) is 2.96. The molecule has 1 saturated carbocycles. The van der Waals surface area contributed by atoms with Gasteiger partial charge in [-0.1, -0.05) is 19.3 Å². The van der Waals surface area contributed by atoms with Crippen LogP contribution < -0.4 is 11.1 Å². The van der Waals surface area contributed by atoms with E-state index in [1.165, 1.54) is 19.3 Å². The van der Waals surface area contributed by atoms with E-state index in [0.717, 1.165) is 25.7 Å². The van der Waals surface area contributed by atoms with E-state index in [-0.39, 0.29) is 11.8 Å². The van der Waals surface area contributed by atoms with Gasteiger partial charge in [-0.05, 0) is 25.7 Å². The van der Waals surface area contributed by atoms with Gasteiger partial charge in [0.25, 0.3) is 0 Å². The third-order valence-electron chi connectivity index (χ3n) is 4.06. The number of hydrogen-bond acceptors (Lipinski definition) is 2. The van der Waals surface area contributed by atoms with Gasteiger partial charge in [0.1, 0.15) is 0 Å². The van der Waals surface area contributed by atoms with Gasteiger partial charge in [-0.25, -0.2) is 4.79 Å². The molecule has 0 aromatic heterocycles. The summed E-state index contributed by atoms with van der Waals surface area (Å²) in [5, 5.41) is 3.13. The highest BCUT2D eigenvalue weighted by Gasteiger charge is 2.28. The number of nitrogens with one attached hydrogen (secondary N) is 1. The molecule has 0 unspecified atom stereocenters. The van der Waals surface area contributed by atoms with Crippen molar-refractivity contribution in [1.29, 1.82) is 0 Å². The maximum atomic E-state index is 12.1. The molecule has 5 heteroatoms. The highest BCUT2D eigenvalue weighted by atomic mass is 16.2. The van der Waals surface area contributed by atoms with E-state index in [4.69, 9.17) is 5.73 Å². The van der Waals surface area contributed by atoms with Crippen LogP contribution in [0.15, 0.2) is 0 Å². The number of hydrogen-bond donors (Lipinski definition) is 2. The number of piperidine rings is 1. The summed E-state index contributed by atoms with van der Waals surface area (Å²) in [5.74, 6) is 0.0287. The number of nitrogens with two attached hydrogens (primary N) is 1. The van der Waals surface area contributed by atoms with Crippen molar-refractivity contribution in [3.63, 3.8) is 0 Å². The zero-order valence-electron chi connectivity index (χ0n) is 10.9. The molecular weight excluding hydrogens is 230 g/mol. The normalized spacial score (nSPS) is 25.8. The quantitative estimate of drug-likeness (QED) is 0.776. The van der Waals surface area contributed by atoms with Crippen LogP contribution in [0.4, 0.5) is 4.79 Å². The Balaban J connectivity index is 1.82. The van der Waals surface area contributed by atoms with Gasteiger partial charge in [-0.2, -0.15) is 0 Å². The molecule has 1 heterocycles. The summed E-state index contributed by atoms with van der Waals surface area (Å²) in [6.07, 6.45) is 7.63. The van der Waals surface area contributed by atoms with Crippen LogP contribution in [0.2, 0.25) is 0 Å². The highest BCUT2D eigenvalue weighted by Crippen LogP contribution is 2.20. The predicted molar refractivity (Wildman–Crippen MR) is 68.9 cm³/mol. The lowest BCUT2D eigenvalue weighted by molar-refractivity contribution is -0.127. The molecule has 2 fully saturated rings. The minimum atomic E-state index is -0.412. The predicted octanol–water partition coefficient (Wildman–Crippen LogP) is 1.23. The minimum Gasteiger partial charge on any atom is -0.353 e. The lowest BCUT2D eigenvalue weighted by atomic mass is 9.93. The Kier molecular flexibility index (Phi) is 4.44. The SMILES string of the molecule is NC(=O)N1CCC[C@@H](C(=O)NC2CCCCC2)C1. The molecule has 0 spiro atoms. The third kappa shape index (κ3) is 3.37. The van der Waals surface area contributed by atoms with Crippen LogP contribution in [-0.2, 0) is 4.79 Å². The number of likely N-dealkylation sites (tertiary alicyclic amines) is 1. The fourth-order valence-corrected chi connectivity index (χ4v) is 2.96. The first-order valence-electron chi connectivity index (χ1n) is 7.01. The van der Waals surface area contributed by atoms with E-state index in [1.807, 2.05) is 0 Å². The van der Waals surface area contributed by atoms with E-state index in [9.17, 15) is 9.59 Å². The molecule has 2 rings (SSSR count). The van der Waals surface area contributed by atoms with Gasteiger partial charge in [0, 0.05) is 19.1 Å². The first-order chi connectivity index (χ1) is 8.66. The van der Waals surface area contributed by atoms with E-state index in [0.29, 0.717) is 19.1 Å². The summed E-state index contributed by atoms with van der Waals surface area (Å²) in [5.41, 5.74) is 5.27. The van der Waals surface area contributed by atoms with Crippen LogP contribution in [-0.4, -0.2) is 36.0 Å². The molecule has 1 atom stereocenters. The first kappa shape index (κ1) is 13.2. The number of carbonyl (C=O) groups is 2. The topological polar surface area (TPSA) is 75.4 Å². The van der Waals surface area contributed by atoms with Crippen molar-refractivity contribution in [3.8, 4) is 0 Å². The first-order valence-corrected chi connectivity index (χ1v) is 7.01. The molecule has 3 amide bonds. The number of primary amides is 1. The molecule has 5 nitrogen and oxygen atoms in total. The molecule has 0 aromatic carbocycles. The van der Waals surface area contributed by atoms with Crippen molar-refractivity contribution in [1.82, 2.24) is 10.2 Å². The van der Waals surface area contributed by atoms with Crippen molar-refractivity contribution >= 4 is 11.9 Å². The second-order valence-electron chi connectivity index (χ2n) is 5.47. The number of amides is 3. The zero-order valence-corrected chi connectivity index (χ0v) is 10.9. The molecular formula is C13H23N3O2. The number of nitrogens with zero attached hydrogens (tertiary/aromatic N) is 1. The van der Waals surface area contributed by atoms with Gasteiger partial charge < -0.3 is 16.0 Å². The van der Waals surface area contributed by atoms with Crippen LogP contribution in [0, 0.1) is 5.92 Å². The molecule has 0 aromatic rings. The lowest BCUT2D eigenvalue weighted by Gasteiger charge is -2.32. The Morgan fingerprint density at radius 1 is 1.06 bits per heavy atom. The molecule has 102 valence electrons. The second-order valence-corrected chi connectivity index (χ2v) is 5.47. The summed E-state index contributed by atoms with van der Waals surface area (Å²) in [7, 11) is 0. The maximum absolute atomic E-state index is 12.1. The smallest absolute Gasteiger partial charge is 0.314 e. The largest absolute Gasteiger partial charge is 0.353 e. The van der Waals surface area contributed by atoms with Gasteiger partial charge in [0.15, 0.2) is 0 Å². The maximum Gasteiger partial charge on any atom is 0.314 e. The monoisotopic (exact) mass is 253 g/mol. The van der Waals surface area contributed by atoms with Crippen LogP contribution in [0.3, 0.4) is 0 Å². The van der Waals surface area contributed by atoms with Crippen molar-refractivity contribution in [2.75, 3.05) is 13.1 Å². The lowest BCUT2D eigenvalue weighted by Crippen LogP contribution is -2.49. The molecule has 1 aliphatic heterocycles. The molecule has 1 aliphatic carbocycles. The summed E-state index contributed by atoms with van der Waals surface area (Å²) < 4.78 is 0. The van der Waals surface area contributed by atoms with Crippen molar-refractivity contribution in [3.05, 3.63) is 0 Å². The average molecular weight is 253 g/mol. The molecule has 18 heavy (non-hydrogen) atoms. The molecule has 3 N–H and O–H groups in total. The van der Waals surface area contributed by atoms with Crippen LogP contribution in [0.5, 0.6) is 0 Å². The molecule has 0 radical (unpaired) electrons. The molecule has 0 bridgehead atoms. The second kappa shape index (κ2) is 6.07. The molecule has 2 aliphatic rings. The zero-order chi connectivity index (χ0) is 13.0. The van der Waals surface area contributed by atoms with Crippen LogP contribution in [0.25, 0.3) is 0 Å². The summed E-state index contributed by atoms with van der Waals surface area (Å²) in [4.78, 5) is 24.9. The number of carbonyl (C=O) groups excluding carboxylic acids is 2. The van der Waals surface area contributed by atoms with E-state index >= 15 is 0 Å². The van der Waals surface area contributed by atoms with Gasteiger partial charge >= 0.3 is 6.03 Å². The Hall–Kier alpha value is -1.26. The standard InChI is InChI=1S/C13H23N3O2/c14-13(18)16-8-4-5-10(9-16)12(17)15-11-6-2-1-3-7-11/h10-11H,1-9H2,(H2,14,18)(H,15,17)/t10-/m1/s1. The Bertz CT molecular complexity index is 313. The van der Waals surface area contributed by atoms with E-state index in [2.05, 4.69) is 5.32 Å². The Morgan fingerprint density at radius 3 is 2.44 bits per heavy atom. The van der Waals surface area contributed by atoms with Gasteiger partial charge in [0.2, 0.25) is 5.91 Å². The van der Waals surface area contributed by atoms with Gasteiger partial charge in [0.05, 0.1) is 5.92 Å². The van der Waals surface area contributed by atoms with E-state index < -0.39 is 6.03 Å². The average Bonchev–Trinajstić information content (AvgIpc) is 2.40. The summed E-state index contributed by atoms with van der Waals surface area (Å²) >= 11 is 0. The Morgan fingerprint density at radius 2 is 1.78 bits per heavy atom. The highest BCUT2D eigenvalue weighted by molar-refractivity contribution is 5.80. The van der Waals surface area contributed by atoms with E-state index in [1.54, 1.807) is 4.90 Å². The number of rotatable bonds is 2. The fraction of sp³-hybridized carbons (Fsp3) is 0.846. The van der Waals surface area contributed by atoms with Gasteiger partial charge in [-0.15, -0.1) is 0 Å². The summed E-state index contributed by atoms with van der Waals surface area (Å²) in [6, 6.07) is -0.0691. The van der Waals surface area contributed by atoms with Crippen molar-refractivity contribution < 1.29 is 9.59 Å². The number of urea groups is 1. The summed E-state index contributed by atoms with van der Waals surface area (Å²) in [6.45, 7) is 1.16. The van der Waals surface area contributed by atoms with Crippen LogP contribution >= 0.6 is 0 Å². The molecule has 1 saturated heterocycles. The van der Waals surface area contributed by atoms with Gasteiger partial charge in [-0.3, -0.25) is 4.79 Å². The van der Waals surface area contributed by atoms with Crippen molar-refractivity contribution in [2.45, 2.75) is 51.0 Å². The van der Waals surface area contributed by atoms with Crippen molar-refractivity contribution in [2.24, 2.45) is 11.7 Å². The Labute approximate surface area is 108 Å².